The number of amides is 1. The summed E-state index contributed by atoms with van der Waals surface area (Å²) in [7, 11) is 0. The van der Waals surface area contributed by atoms with Crippen molar-refractivity contribution in [3.05, 3.63) is 47.7 Å². The molecule has 1 aromatic heterocycles. The molecule has 0 aliphatic carbocycles. The quantitative estimate of drug-likeness (QED) is 0.812. The van der Waals surface area contributed by atoms with E-state index in [1.807, 2.05) is 25.1 Å². The van der Waals surface area contributed by atoms with Gasteiger partial charge in [0.15, 0.2) is 0 Å². The lowest BCUT2D eigenvalue weighted by Crippen LogP contribution is -2.42. The average Bonchev–Trinajstić information content (AvgIpc) is 2.68. The van der Waals surface area contributed by atoms with E-state index in [9.17, 15) is 4.79 Å². The predicted molar refractivity (Wildman–Crippen MR) is 106 cm³/mol. The number of rotatable bonds is 6. The van der Waals surface area contributed by atoms with Crippen LogP contribution < -0.4 is 10.6 Å². The highest BCUT2D eigenvalue weighted by Gasteiger charge is 2.23. The summed E-state index contributed by atoms with van der Waals surface area (Å²) in [6, 6.07) is 10.4. The zero-order valence-electron chi connectivity index (χ0n) is 15.9. The number of anilines is 2. The van der Waals surface area contributed by atoms with Gasteiger partial charge in [-0.3, -0.25) is 0 Å². The van der Waals surface area contributed by atoms with Crippen molar-refractivity contribution in [2.45, 2.75) is 39.3 Å². The predicted octanol–water partition coefficient (Wildman–Crippen LogP) is 3.43. The number of hydrogen-bond donors (Lipinski definition) is 2. The summed E-state index contributed by atoms with van der Waals surface area (Å²) in [5, 5.41) is 6.74. The van der Waals surface area contributed by atoms with E-state index in [0.29, 0.717) is 32.2 Å². The van der Waals surface area contributed by atoms with Crippen LogP contribution in [0, 0.1) is 6.92 Å². The van der Waals surface area contributed by atoms with Crippen molar-refractivity contribution in [1.82, 2.24) is 14.9 Å². The monoisotopic (exact) mass is 369 g/mol. The molecule has 2 N–H and O–H groups in total. The van der Waals surface area contributed by atoms with Crippen molar-refractivity contribution in [1.29, 1.82) is 0 Å². The molecule has 1 amide bonds. The van der Waals surface area contributed by atoms with Crippen LogP contribution in [0.3, 0.4) is 0 Å². The lowest BCUT2D eigenvalue weighted by Gasteiger charge is -2.31. The number of likely N-dealkylation sites (tertiary alicyclic amines) is 1. The van der Waals surface area contributed by atoms with E-state index in [-0.39, 0.29) is 12.1 Å². The van der Waals surface area contributed by atoms with Gasteiger partial charge in [0.2, 0.25) is 5.95 Å². The third-order valence-electron chi connectivity index (χ3n) is 4.73. The first-order valence-corrected chi connectivity index (χ1v) is 9.45. The lowest BCUT2D eigenvalue weighted by molar-refractivity contribution is 0.0983. The second-order valence-corrected chi connectivity index (χ2v) is 6.65. The molecule has 2 aromatic rings. The number of hydrogen-bond acceptors (Lipinski definition) is 6. The summed E-state index contributed by atoms with van der Waals surface area (Å²) in [5.74, 6) is 1.40. The van der Waals surface area contributed by atoms with E-state index in [0.717, 1.165) is 18.7 Å². The van der Waals surface area contributed by atoms with Crippen LogP contribution in [0.15, 0.2) is 36.5 Å². The number of carbonyl (C=O) groups is 1. The Morgan fingerprint density at radius 1 is 1.26 bits per heavy atom. The van der Waals surface area contributed by atoms with E-state index in [4.69, 9.17) is 4.74 Å². The first-order valence-electron chi connectivity index (χ1n) is 9.45. The van der Waals surface area contributed by atoms with Crippen LogP contribution in [0.2, 0.25) is 0 Å². The Labute approximate surface area is 160 Å². The number of piperidine rings is 1. The summed E-state index contributed by atoms with van der Waals surface area (Å²) in [6.07, 6.45) is 3.27. The largest absolute Gasteiger partial charge is 0.450 e. The van der Waals surface area contributed by atoms with Gasteiger partial charge in [0.05, 0.1) is 6.61 Å². The number of nitrogens with zero attached hydrogens (tertiary/aromatic N) is 3. The van der Waals surface area contributed by atoms with Crippen molar-refractivity contribution in [3.63, 3.8) is 0 Å². The molecule has 0 atom stereocenters. The molecular formula is C20H27N5O2. The lowest BCUT2D eigenvalue weighted by atomic mass is 10.1. The van der Waals surface area contributed by atoms with Gasteiger partial charge in [0.25, 0.3) is 0 Å². The summed E-state index contributed by atoms with van der Waals surface area (Å²) < 4.78 is 5.06. The highest BCUT2D eigenvalue weighted by atomic mass is 16.6. The molecule has 1 saturated heterocycles. The molecule has 0 unspecified atom stereocenters. The van der Waals surface area contributed by atoms with Crippen LogP contribution in [0.5, 0.6) is 0 Å². The molecule has 1 aliphatic rings. The minimum absolute atomic E-state index is 0.222. The number of nitrogens with one attached hydrogen (secondary N) is 2. The topological polar surface area (TPSA) is 79.4 Å². The number of aryl methyl sites for hydroxylation is 1. The standard InChI is InChI=1S/C20H27N5O2/c1-3-27-20(26)25-12-9-17(10-13-25)23-18-8-11-21-19(24-18)22-14-16-7-5-4-6-15(16)2/h4-8,11,17H,3,9-10,12-14H2,1-2H3,(H2,21,22,23,24). The number of aromatic nitrogens is 2. The second-order valence-electron chi connectivity index (χ2n) is 6.65. The number of benzene rings is 1. The highest BCUT2D eigenvalue weighted by Crippen LogP contribution is 2.17. The molecule has 0 bridgehead atoms. The van der Waals surface area contributed by atoms with Crippen LogP contribution in [-0.2, 0) is 11.3 Å². The van der Waals surface area contributed by atoms with Gasteiger partial charge in [-0.05, 0) is 43.9 Å². The third-order valence-corrected chi connectivity index (χ3v) is 4.73. The van der Waals surface area contributed by atoms with Gasteiger partial charge in [-0.2, -0.15) is 4.98 Å². The fraction of sp³-hybridized carbons (Fsp3) is 0.450. The maximum absolute atomic E-state index is 11.8. The molecule has 144 valence electrons. The van der Waals surface area contributed by atoms with E-state index in [1.165, 1.54) is 11.1 Å². The normalized spacial score (nSPS) is 14.7. The van der Waals surface area contributed by atoms with Crippen molar-refractivity contribution in [2.24, 2.45) is 0 Å². The van der Waals surface area contributed by atoms with Gasteiger partial charge in [0, 0.05) is 31.9 Å². The molecule has 7 heteroatoms. The molecule has 0 radical (unpaired) electrons. The van der Waals surface area contributed by atoms with Crippen molar-refractivity contribution in [2.75, 3.05) is 30.3 Å². The average molecular weight is 369 g/mol. The first-order chi connectivity index (χ1) is 13.2. The Morgan fingerprint density at radius 3 is 2.78 bits per heavy atom. The zero-order chi connectivity index (χ0) is 19.1. The van der Waals surface area contributed by atoms with Crippen LogP contribution in [0.1, 0.15) is 30.9 Å². The minimum Gasteiger partial charge on any atom is -0.450 e. The second kappa shape index (κ2) is 9.21. The molecule has 27 heavy (non-hydrogen) atoms. The van der Waals surface area contributed by atoms with Crippen molar-refractivity contribution in [3.8, 4) is 0 Å². The first kappa shape index (κ1) is 18.9. The van der Waals surface area contributed by atoms with E-state index < -0.39 is 0 Å². The van der Waals surface area contributed by atoms with E-state index in [1.54, 1.807) is 11.1 Å². The Bertz CT molecular complexity index is 760. The van der Waals surface area contributed by atoms with Gasteiger partial charge in [-0.1, -0.05) is 24.3 Å². The fourth-order valence-electron chi connectivity index (χ4n) is 3.14. The number of ether oxygens (including phenoxy) is 1. The Kier molecular flexibility index (Phi) is 6.46. The van der Waals surface area contributed by atoms with Crippen LogP contribution in [0.4, 0.5) is 16.6 Å². The molecule has 7 nitrogen and oxygen atoms in total. The summed E-state index contributed by atoms with van der Waals surface area (Å²) in [4.78, 5) is 22.4. The van der Waals surface area contributed by atoms with Crippen LogP contribution in [0.25, 0.3) is 0 Å². The van der Waals surface area contributed by atoms with Gasteiger partial charge < -0.3 is 20.3 Å². The van der Waals surface area contributed by atoms with Gasteiger partial charge in [0.1, 0.15) is 5.82 Å². The van der Waals surface area contributed by atoms with Gasteiger partial charge >= 0.3 is 6.09 Å². The maximum atomic E-state index is 11.8. The summed E-state index contributed by atoms with van der Waals surface area (Å²) in [5.41, 5.74) is 2.47. The zero-order valence-corrected chi connectivity index (χ0v) is 15.9. The van der Waals surface area contributed by atoms with E-state index >= 15 is 0 Å². The molecule has 3 rings (SSSR count). The minimum atomic E-state index is -0.222. The van der Waals surface area contributed by atoms with Crippen LogP contribution >= 0.6 is 0 Å². The van der Waals surface area contributed by atoms with Gasteiger partial charge in [-0.15, -0.1) is 0 Å². The molecule has 0 saturated carbocycles. The van der Waals surface area contributed by atoms with Crippen molar-refractivity contribution < 1.29 is 9.53 Å². The molecule has 1 aromatic carbocycles. The smallest absolute Gasteiger partial charge is 0.409 e. The maximum Gasteiger partial charge on any atom is 0.409 e. The fourth-order valence-corrected chi connectivity index (χ4v) is 3.14. The summed E-state index contributed by atoms with van der Waals surface area (Å²) in [6.45, 7) is 6.41. The Morgan fingerprint density at radius 2 is 2.04 bits per heavy atom. The molecular weight excluding hydrogens is 342 g/mol. The van der Waals surface area contributed by atoms with E-state index in [2.05, 4.69) is 39.7 Å². The Hall–Kier alpha value is -2.83. The molecule has 0 spiro atoms. The molecule has 2 heterocycles. The highest BCUT2D eigenvalue weighted by molar-refractivity contribution is 5.67. The Balaban J connectivity index is 1.51. The third kappa shape index (κ3) is 5.32. The number of carbonyl (C=O) groups excluding carboxylic acids is 1. The summed E-state index contributed by atoms with van der Waals surface area (Å²) >= 11 is 0. The molecule has 1 fully saturated rings. The van der Waals surface area contributed by atoms with Gasteiger partial charge in [-0.25, -0.2) is 9.78 Å². The SMILES string of the molecule is CCOC(=O)N1CCC(Nc2ccnc(NCc3ccccc3C)n2)CC1. The molecule has 1 aliphatic heterocycles. The van der Waals surface area contributed by atoms with Crippen molar-refractivity contribution >= 4 is 17.9 Å². The van der Waals surface area contributed by atoms with Crippen LogP contribution in [-0.4, -0.2) is 46.7 Å².